The quantitative estimate of drug-likeness (QED) is 0.814. The molecule has 0 bridgehead atoms. The molecule has 1 N–H and O–H groups in total. The molecule has 1 atom stereocenters. The predicted molar refractivity (Wildman–Crippen MR) is 63.3 cm³/mol. The molecule has 86 valence electrons. The van der Waals surface area contributed by atoms with E-state index in [-0.39, 0.29) is 5.60 Å². The van der Waals surface area contributed by atoms with Crippen molar-refractivity contribution >= 4 is 11.0 Å². The van der Waals surface area contributed by atoms with Gasteiger partial charge < -0.3 is 9.72 Å². The van der Waals surface area contributed by atoms with Crippen LogP contribution in [-0.2, 0) is 10.3 Å². The Labute approximate surface area is 99.2 Å². The summed E-state index contributed by atoms with van der Waals surface area (Å²) >= 11 is 0. The second-order valence-electron chi connectivity index (χ2n) is 4.58. The van der Waals surface area contributed by atoms with Gasteiger partial charge in [-0.05, 0) is 31.9 Å². The smallest absolute Gasteiger partial charge is 0.139 e. The average molecular weight is 227 g/mol. The maximum absolute atomic E-state index is 9.04. The van der Waals surface area contributed by atoms with E-state index in [1.54, 1.807) is 6.07 Å². The first-order valence-electron chi connectivity index (χ1n) is 5.76. The van der Waals surface area contributed by atoms with E-state index in [1.807, 2.05) is 19.1 Å². The molecule has 0 amide bonds. The highest BCUT2D eigenvalue weighted by atomic mass is 16.5. The third kappa shape index (κ3) is 1.51. The van der Waals surface area contributed by atoms with Crippen LogP contribution in [-0.4, -0.2) is 16.6 Å². The van der Waals surface area contributed by atoms with E-state index in [2.05, 4.69) is 16.0 Å². The maximum atomic E-state index is 9.04. The van der Waals surface area contributed by atoms with Gasteiger partial charge in [0.15, 0.2) is 0 Å². The monoisotopic (exact) mass is 227 g/mol. The van der Waals surface area contributed by atoms with Gasteiger partial charge in [-0.25, -0.2) is 4.98 Å². The van der Waals surface area contributed by atoms with Crippen LogP contribution in [0.4, 0.5) is 0 Å². The molecule has 0 radical (unpaired) electrons. The Morgan fingerprint density at radius 1 is 1.53 bits per heavy atom. The van der Waals surface area contributed by atoms with Crippen LogP contribution >= 0.6 is 0 Å². The Bertz CT molecular complexity index is 603. The van der Waals surface area contributed by atoms with Gasteiger partial charge in [0, 0.05) is 6.61 Å². The fraction of sp³-hybridized carbons (Fsp3) is 0.385. The van der Waals surface area contributed by atoms with Crippen LogP contribution < -0.4 is 0 Å². The van der Waals surface area contributed by atoms with Crippen molar-refractivity contribution in [2.45, 2.75) is 25.4 Å². The highest BCUT2D eigenvalue weighted by Crippen LogP contribution is 2.34. The number of fused-ring (bicyclic) bond motifs is 1. The first kappa shape index (κ1) is 10.3. The van der Waals surface area contributed by atoms with Gasteiger partial charge in [0.2, 0.25) is 0 Å². The second kappa shape index (κ2) is 3.57. The number of imidazole rings is 1. The first-order valence-corrected chi connectivity index (χ1v) is 5.76. The first-order chi connectivity index (χ1) is 8.23. The highest BCUT2D eigenvalue weighted by molar-refractivity contribution is 5.81. The van der Waals surface area contributed by atoms with Crippen LogP contribution in [0.1, 0.15) is 31.2 Å². The molecule has 1 aromatic heterocycles. The molecule has 2 heterocycles. The van der Waals surface area contributed by atoms with Gasteiger partial charge in [-0.3, -0.25) is 0 Å². The number of benzene rings is 1. The Kier molecular flexibility index (Phi) is 2.17. The fourth-order valence-electron chi connectivity index (χ4n) is 2.34. The van der Waals surface area contributed by atoms with Crippen molar-refractivity contribution in [3.8, 4) is 6.07 Å². The van der Waals surface area contributed by atoms with E-state index in [1.165, 1.54) is 0 Å². The molecule has 1 aliphatic heterocycles. The molecule has 3 rings (SSSR count). The number of para-hydroxylation sites is 1. The minimum atomic E-state index is -0.328. The molecule has 2 aromatic rings. The number of ether oxygens (including phenoxy) is 1. The van der Waals surface area contributed by atoms with Gasteiger partial charge >= 0.3 is 0 Å². The standard InChI is InChI=1S/C13H13N3O/c1-13(6-3-7-17-13)12-15-10-5-2-4-9(8-14)11(10)16-12/h2,4-5H,3,6-7H2,1H3,(H,15,16). The number of hydrogen-bond acceptors (Lipinski definition) is 3. The lowest BCUT2D eigenvalue weighted by atomic mass is 10.0. The molecule has 17 heavy (non-hydrogen) atoms. The third-order valence-electron chi connectivity index (χ3n) is 3.35. The second-order valence-corrected chi connectivity index (χ2v) is 4.58. The van der Waals surface area contributed by atoms with Crippen LogP contribution in [0, 0.1) is 11.3 Å². The summed E-state index contributed by atoms with van der Waals surface area (Å²) in [5, 5.41) is 9.04. The Hall–Kier alpha value is -1.86. The van der Waals surface area contributed by atoms with Crippen molar-refractivity contribution in [2.24, 2.45) is 0 Å². The van der Waals surface area contributed by atoms with Gasteiger partial charge in [-0.2, -0.15) is 5.26 Å². The lowest BCUT2D eigenvalue weighted by molar-refractivity contribution is 0.0103. The zero-order valence-corrected chi connectivity index (χ0v) is 9.66. The predicted octanol–water partition coefficient (Wildman–Crippen LogP) is 2.46. The molecule has 0 aliphatic carbocycles. The van der Waals surface area contributed by atoms with Gasteiger partial charge in [0.05, 0.1) is 11.1 Å². The summed E-state index contributed by atoms with van der Waals surface area (Å²) in [5.74, 6) is 0.827. The summed E-state index contributed by atoms with van der Waals surface area (Å²) in [6.45, 7) is 2.82. The van der Waals surface area contributed by atoms with E-state index in [0.29, 0.717) is 5.56 Å². The molecule has 4 nitrogen and oxygen atoms in total. The summed E-state index contributed by atoms with van der Waals surface area (Å²) in [7, 11) is 0. The van der Waals surface area contributed by atoms with Crippen LogP contribution in [0.5, 0.6) is 0 Å². The van der Waals surface area contributed by atoms with Crippen LogP contribution in [0.15, 0.2) is 18.2 Å². The fourth-order valence-corrected chi connectivity index (χ4v) is 2.34. The number of nitrogens with one attached hydrogen (secondary N) is 1. The van der Waals surface area contributed by atoms with Gasteiger partial charge in [-0.1, -0.05) is 6.07 Å². The van der Waals surface area contributed by atoms with Crippen molar-refractivity contribution in [3.63, 3.8) is 0 Å². The average Bonchev–Trinajstić information content (AvgIpc) is 2.95. The van der Waals surface area contributed by atoms with Gasteiger partial charge in [0.25, 0.3) is 0 Å². The largest absolute Gasteiger partial charge is 0.367 e. The molecule has 1 fully saturated rings. The molecule has 1 unspecified atom stereocenters. The summed E-state index contributed by atoms with van der Waals surface area (Å²) in [6, 6.07) is 7.74. The van der Waals surface area contributed by atoms with E-state index in [4.69, 9.17) is 10.00 Å². The number of nitriles is 1. The van der Waals surface area contributed by atoms with E-state index >= 15 is 0 Å². The Morgan fingerprint density at radius 2 is 2.41 bits per heavy atom. The van der Waals surface area contributed by atoms with Crippen LogP contribution in [0.3, 0.4) is 0 Å². The number of hydrogen-bond donors (Lipinski definition) is 1. The van der Waals surface area contributed by atoms with Crippen LogP contribution in [0.25, 0.3) is 11.0 Å². The molecule has 1 saturated heterocycles. The van der Waals surface area contributed by atoms with Crippen molar-refractivity contribution in [1.29, 1.82) is 5.26 Å². The minimum absolute atomic E-state index is 0.328. The highest BCUT2D eigenvalue weighted by Gasteiger charge is 2.34. The summed E-state index contributed by atoms with van der Waals surface area (Å²) in [4.78, 5) is 7.80. The number of nitrogens with zero attached hydrogens (tertiary/aromatic N) is 2. The molecule has 1 aliphatic rings. The van der Waals surface area contributed by atoms with Gasteiger partial charge in [0.1, 0.15) is 23.0 Å². The zero-order valence-electron chi connectivity index (χ0n) is 9.66. The zero-order chi connectivity index (χ0) is 11.9. The number of aromatic nitrogens is 2. The van der Waals surface area contributed by atoms with Crippen molar-refractivity contribution in [3.05, 3.63) is 29.6 Å². The number of H-pyrrole nitrogens is 1. The summed E-state index contributed by atoms with van der Waals surface area (Å²) in [6.07, 6.45) is 2.02. The SMILES string of the molecule is CC1(c2nc3c(C#N)cccc3[nH]2)CCCO1. The molecular weight excluding hydrogens is 214 g/mol. The molecule has 1 aromatic carbocycles. The van der Waals surface area contributed by atoms with Crippen molar-refractivity contribution in [1.82, 2.24) is 9.97 Å². The lowest BCUT2D eigenvalue weighted by Gasteiger charge is -2.19. The van der Waals surface area contributed by atoms with Gasteiger partial charge in [-0.15, -0.1) is 0 Å². The number of rotatable bonds is 1. The summed E-state index contributed by atoms with van der Waals surface area (Å²) in [5.41, 5.74) is 1.91. The maximum Gasteiger partial charge on any atom is 0.139 e. The van der Waals surface area contributed by atoms with E-state index in [0.717, 1.165) is 36.3 Å². The molecule has 0 saturated carbocycles. The van der Waals surface area contributed by atoms with Crippen molar-refractivity contribution in [2.75, 3.05) is 6.61 Å². The lowest BCUT2D eigenvalue weighted by Crippen LogP contribution is -2.21. The molecule has 4 heteroatoms. The third-order valence-corrected chi connectivity index (χ3v) is 3.35. The topological polar surface area (TPSA) is 61.7 Å². The van der Waals surface area contributed by atoms with Crippen LogP contribution in [0.2, 0.25) is 0 Å². The van der Waals surface area contributed by atoms with Crippen molar-refractivity contribution < 1.29 is 4.74 Å². The molecular formula is C13H13N3O. The minimum Gasteiger partial charge on any atom is -0.367 e. The summed E-state index contributed by atoms with van der Waals surface area (Å²) < 4.78 is 5.75. The number of aromatic amines is 1. The van der Waals surface area contributed by atoms with E-state index in [9.17, 15) is 0 Å². The Morgan fingerprint density at radius 3 is 3.12 bits per heavy atom. The normalized spacial score (nSPS) is 24.0. The molecule has 0 spiro atoms. The van der Waals surface area contributed by atoms with E-state index < -0.39 is 0 Å². The Balaban J connectivity index is 2.17.